The lowest BCUT2D eigenvalue weighted by Gasteiger charge is -2.38. The highest BCUT2D eigenvalue weighted by molar-refractivity contribution is 5.94. The van der Waals surface area contributed by atoms with Gasteiger partial charge in [0.05, 0.1) is 6.04 Å². The van der Waals surface area contributed by atoms with Crippen molar-refractivity contribution in [3.63, 3.8) is 0 Å². The van der Waals surface area contributed by atoms with Crippen molar-refractivity contribution in [2.75, 3.05) is 19.7 Å². The summed E-state index contributed by atoms with van der Waals surface area (Å²) in [5.41, 5.74) is 0.602. The fraction of sp³-hybridized carbons (Fsp3) is 0.529. The molecule has 2 atom stereocenters. The molecule has 3 rings (SSSR count). The third-order valence-corrected chi connectivity index (χ3v) is 4.58. The second-order valence-corrected chi connectivity index (χ2v) is 6.24. The largest absolute Gasteiger partial charge is 0.396 e. The summed E-state index contributed by atoms with van der Waals surface area (Å²) in [6, 6.07) is 8.85. The molecule has 1 saturated carbocycles. The van der Waals surface area contributed by atoms with E-state index >= 15 is 0 Å². The minimum absolute atomic E-state index is 0.0101. The van der Waals surface area contributed by atoms with Crippen LogP contribution in [0.2, 0.25) is 0 Å². The molecular weight excluding hydrogens is 280 g/mol. The fourth-order valence-corrected chi connectivity index (χ4v) is 3.01. The van der Waals surface area contributed by atoms with Crippen LogP contribution in [0.5, 0.6) is 0 Å². The van der Waals surface area contributed by atoms with E-state index in [4.69, 9.17) is 0 Å². The summed E-state index contributed by atoms with van der Waals surface area (Å²) < 4.78 is 0. The van der Waals surface area contributed by atoms with Crippen molar-refractivity contribution in [1.29, 1.82) is 0 Å². The minimum Gasteiger partial charge on any atom is -0.396 e. The summed E-state index contributed by atoms with van der Waals surface area (Å²) in [5, 5.41) is 12.5. The molecule has 2 fully saturated rings. The van der Waals surface area contributed by atoms with Gasteiger partial charge in [-0.3, -0.25) is 9.59 Å². The van der Waals surface area contributed by atoms with Crippen LogP contribution in [0.25, 0.3) is 0 Å². The summed E-state index contributed by atoms with van der Waals surface area (Å²) in [7, 11) is 0. The van der Waals surface area contributed by atoms with Gasteiger partial charge in [0.1, 0.15) is 0 Å². The maximum Gasteiger partial charge on any atom is 0.251 e. The van der Waals surface area contributed by atoms with E-state index in [0.717, 1.165) is 19.3 Å². The number of amides is 2. The molecule has 0 bridgehead atoms. The molecule has 2 amide bonds. The predicted octanol–water partition coefficient (Wildman–Crippen LogP) is 1.04. The summed E-state index contributed by atoms with van der Waals surface area (Å²) in [5.74, 6) is 0.257. The number of aliphatic hydroxyl groups is 1. The van der Waals surface area contributed by atoms with Crippen molar-refractivity contribution in [2.45, 2.75) is 25.3 Å². The molecule has 2 aliphatic rings. The summed E-state index contributed by atoms with van der Waals surface area (Å²) in [6.45, 7) is 1.21. The van der Waals surface area contributed by atoms with Crippen LogP contribution in [0, 0.1) is 11.8 Å². The third-order valence-electron chi connectivity index (χ3n) is 4.58. The van der Waals surface area contributed by atoms with Crippen LogP contribution >= 0.6 is 0 Å². The highest BCUT2D eigenvalue weighted by Crippen LogP contribution is 2.32. The molecule has 5 nitrogen and oxygen atoms in total. The molecule has 1 aromatic rings. The molecule has 1 heterocycles. The van der Waals surface area contributed by atoms with Gasteiger partial charge in [-0.25, -0.2) is 0 Å². The number of rotatable bonds is 4. The fourth-order valence-electron chi connectivity index (χ4n) is 3.01. The number of carbonyl (C=O) groups is 2. The lowest BCUT2D eigenvalue weighted by Crippen LogP contribution is -2.55. The van der Waals surface area contributed by atoms with Gasteiger partial charge in [0, 0.05) is 37.1 Å². The van der Waals surface area contributed by atoms with Crippen molar-refractivity contribution in [3.8, 4) is 0 Å². The summed E-state index contributed by atoms with van der Waals surface area (Å²) >= 11 is 0. The molecule has 1 saturated heterocycles. The smallest absolute Gasteiger partial charge is 0.251 e. The Morgan fingerprint density at radius 1 is 1.18 bits per heavy atom. The van der Waals surface area contributed by atoms with Gasteiger partial charge >= 0.3 is 0 Å². The molecule has 118 valence electrons. The van der Waals surface area contributed by atoms with Gasteiger partial charge in [0.15, 0.2) is 0 Å². The first-order valence-corrected chi connectivity index (χ1v) is 7.94. The number of benzene rings is 1. The van der Waals surface area contributed by atoms with Crippen LogP contribution in [0.1, 0.15) is 29.6 Å². The van der Waals surface area contributed by atoms with Gasteiger partial charge in [-0.1, -0.05) is 18.2 Å². The first-order valence-electron chi connectivity index (χ1n) is 7.94. The Hall–Kier alpha value is -1.88. The van der Waals surface area contributed by atoms with Gasteiger partial charge in [0.25, 0.3) is 5.91 Å². The predicted molar refractivity (Wildman–Crippen MR) is 82.2 cm³/mol. The Morgan fingerprint density at radius 3 is 2.55 bits per heavy atom. The molecule has 5 heteroatoms. The second-order valence-electron chi connectivity index (χ2n) is 6.24. The first-order chi connectivity index (χ1) is 10.7. The average Bonchev–Trinajstić information content (AvgIpc) is 3.40. The van der Waals surface area contributed by atoms with E-state index in [1.807, 2.05) is 23.1 Å². The van der Waals surface area contributed by atoms with Crippen molar-refractivity contribution in [2.24, 2.45) is 11.8 Å². The van der Waals surface area contributed by atoms with E-state index < -0.39 is 0 Å². The van der Waals surface area contributed by atoms with Crippen molar-refractivity contribution < 1.29 is 14.7 Å². The Morgan fingerprint density at radius 2 is 1.91 bits per heavy atom. The Kier molecular flexibility index (Phi) is 4.43. The number of nitrogens with zero attached hydrogens (tertiary/aromatic N) is 1. The quantitative estimate of drug-likeness (QED) is 0.873. The number of hydrogen-bond acceptors (Lipinski definition) is 3. The van der Waals surface area contributed by atoms with Crippen molar-refractivity contribution in [1.82, 2.24) is 10.2 Å². The molecule has 1 aromatic carbocycles. The highest BCUT2D eigenvalue weighted by atomic mass is 16.3. The van der Waals surface area contributed by atoms with Crippen LogP contribution in [0.15, 0.2) is 30.3 Å². The minimum atomic E-state index is -0.186. The molecule has 0 aromatic heterocycles. The number of aliphatic hydroxyl groups excluding tert-OH is 1. The number of likely N-dealkylation sites (tertiary alicyclic amines) is 1. The van der Waals surface area contributed by atoms with Crippen molar-refractivity contribution in [3.05, 3.63) is 35.9 Å². The SMILES string of the molecule is O=C(N[C@@H]1CN(C(=O)C2CC2)CC[C@@H]1CO)c1ccccc1. The first kappa shape index (κ1) is 15.0. The molecule has 22 heavy (non-hydrogen) atoms. The van der Waals surface area contributed by atoms with Gasteiger partial charge < -0.3 is 15.3 Å². The highest BCUT2D eigenvalue weighted by Gasteiger charge is 2.38. The number of nitrogens with one attached hydrogen (secondary N) is 1. The standard InChI is InChI=1S/C17H22N2O3/c20-11-14-8-9-19(17(22)13-6-7-13)10-15(14)18-16(21)12-4-2-1-3-5-12/h1-5,13-15,20H,6-11H2,(H,18,21)/t14-,15-/m1/s1. The maximum atomic E-state index is 12.3. The van der Waals surface area contributed by atoms with Crippen LogP contribution in [0.3, 0.4) is 0 Å². The lowest BCUT2D eigenvalue weighted by molar-refractivity contribution is -0.134. The molecule has 1 aliphatic carbocycles. The monoisotopic (exact) mass is 302 g/mol. The van der Waals surface area contributed by atoms with E-state index in [-0.39, 0.29) is 36.3 Å². The molecular formula is C17H22N2O3. The summed E-state index contributed by atoms with van der Waals surface area (Å²) in [6.07, 6.45) is 2.70. The zero-order valence-electron chi connectivity index (χ0n) is 12.6. The second kappa shape index (κ2) is 6.48. The molecule has 1 aliphatic heterocycles. The number of carbonyl (C=O) groups excluding carboxylic acids is 2. The zero-order valence-corrected chi connectivity index (χ0v) is 12.6. The molecule has 0 unspecified atom stereocenters. The van der Waals surface area contributed by atoms with E-state index in [1.165, 1.54) is 0 Å². The van der Waals surface area contributed by atoms with Gasteiger partial charge in [-0.2, -0.15) is 0 Å². The van der Waals surface area contributed by atoms with Crippen LogP contribution < -0.4 is 5.32 Å². The topological polar surface area (TPSA) is 69.6 Å². The Bertz CT molecular complexity index is 542. The third kappa shape index (κ3) is 3.30. The van der Waals surface area contributed by atoms with Crippen LogP contribution in [-0.4, -0.2) is 47.6 Å². The van der Waals surface area contributed by atoms with E-state index in [9.17, 15) is 14.7 Å². The zero-order chi connectivity index (χ0) is 15.5. The summed E-state index contributed by atoms with van der Waals surface area (Å²) in [4.78, 5) is 26.4. The van der Waals surface area contributed by atoms with Crippen LogP contribution in [-0.2, 0) is 4.79 Å². The van der Waals surface area contributed by atoms with E-state index in [2.05, 4.69) is 5.32 Å². The van der Waals surface area contributed by atoms with Gasteiger partial charge in [0.2, 0.25) is 5.91 Å². The van der Waals surface area contributed by atoms with Crippen LogP contribution in [0.4, 0.5) is 0 Å². The molecule has 0 radical (unpaired) electrons. The van der Waals surface area contributed by atoms with Gasteiger partial charge in [-0.05, 0) is 31.4 Å². The van der Waals surface area contributed by atoms with E-state index in [0.29, 0.717) is 18.7 Å². The van der Waals surface area contributed by atoms with Gasteiger partial charge in [-0.15, -0.1) is 0 Å². The Balaban J connectivity index is 1.65. The van der Waals surface area contributed by atoms with E-state index in [1.54, 1.807) is 12.1 Å². The molecule has 2 N–H and O–H groups in total. The lowest BCUT2D eigenvalue weighted by atomic mass is 9.91. The average molecular weight is 302 g/mol. The number of hydrogen-bond donors (Lipinski definition) is 2. The van der Waals surface area contributed by atoms with Crippen molar-refractivity contribution >= 4 is 11.8 Å². The number of piperidine rings is 1. The molecule has 0 spiro atoms. The maximum absolute atomic E-state index is 12.3. The Labute approximate surface area is 130 Å². The normalized spacial score (nSPS) is 24.9.